The Balaban J connectivity index is 1.75. The highest BCUT2D eigenvalue weighted by Crippen LogP contribution is 2.42. The summed E-state index contributed by atoms with van der Waals surface area (Å²) in [5.41, 5.74) is 0.538. The van der Waals surface area contributed by atoms with Crippen molar-refractivity contribution < 1.29 is 28.2 Å². The number of carbonyl (C=O) groups is 2. The number of anilines is 1. The van der Waals surface area contributed by atoms with E-state index < -0.39 is 29.4 Å². The number of hydrogen-bond donors (Lipinski definition) is 1. The van der Waals surface area contributed by atoms with E-state index in [2.05, 4.69) is 11.9 Å². The fourth-order valence-corrected chi connectivity index (χ4v) is 3.99. The van der Waals surface area contributed by atoms with Crippen LogP contribution >= 0.6 is 0 Å². The number of aromatic nitrogens is 1. The minimum absolute atomic E-state index is 0.0188. The number of ether oxygens (including phenoxy) is 1. The van der Waals surface area contributed by atoms with Gasteiger partial charge in [0.1, 0.15) is 11.5 Å². The van der Waals surface area contributed by atoms with Crippen molar-refractivity contribution >= 4 is 23.1 Å². The average molecular weight is 478 g/mol. The topological polar surface area (TPSA) is 79.7 Å². The van der Waals surface area contributed by atoms with Crippen LogP contribution in [-0.2, 0) is 9.59 Å². The summed E-state index contributed by atoms with van der Waals surface area (Å²) >= 11 is 0. The molecule has 1 amide bonds. The molecule has 8 heteroatoms. The van der Waals surface area contributed by atoms with Crippen molar-refractivity contribution in [3.8, 4) is 5.75 Å². The predicted molar refractivity (Wildman–Crippen MR) is 127 cm³/mol. The van der Waals surface area contributed by atoms with Crippen LogP contribution in [0.25, 0.3) is 5.76 Å². The number of rotatable bonds is 8. The van der Waals surface area contributed by atoms with Gasteiger partial charge in [-0.05, 0) is 54.4 Å². The number of benzene rings is 2. The lowest BCUT2D eigenvalue weighted by Crippen LogP contribution is -2.29. The van der Waals surface area contributed by atoms with Crippen LogP contribution < -0.4 is 9.64 Å². The number of amides is 1. The summed E-state index contributed by atoms with van der Waals surface area (Å²) in [7, 11) is 0. The van der Waals surface area contributed by atoms with E-state index in [-0.39, 0.29) is 17.0 Å². The van der Waals surface area contributed by atoms with E-state index in [4.69, 9.17) is 4.74 Å². The fourth-order valence-electron chi connectivity index (χ4n) is 3.99. The number of ketones is 1. The molecule has 1 N–H and O–H groups in total. The van der Waals surface area contributed by atoms with Gasteiger partial charge in [-0.1, -0.05) is 25.8 Å². The second-order valence-corrected chi connectivity index (χ2v) is 8.13. The highest BCUT2D eigenvalue weighted by molar-refractivity contribution is 6.51. The van der Waals surface area contributed by atoms with E-state index >= 15 is 0 Å². The van der Waals surface area contributed by atoms with Crippen molar-refractivity contribution in [2.24, 2.45) is 0 Å². The highest BCUT2D eigenvalue weighted by atomic mass is 19.2. The zero-order valence-electron chi connectivity index (χ0n) is 19.1. The maximum absolute atomic E-state index is 14.0. The number of aliphatic hydroxyl groups is 1. The summed E-state index contributed by atoms with van der Waals surface area (Å²) in [6.45, 7) is 2.67. The molecule has 1 aromatic heterocycles. The number of nitrogens with zero attached hydrogens (tertiary/aromatic N) is 2. The Labute approximate surface area is 201 Å². The van der Waals surface area contributed by atoms with Gasteiger partial charge in [0.25, 0.3) is 11.7 Å². The van der Waals surface area contributed by atoms with Crippen LogP contribution in [0, 0.1) is 11.6 Å². The number of carbonyl (C=O) groups excluding carboxylic acids is 2. The SMILES string of the molecule is CCCCCOc1ccc(/C(O)=C2\C(=O)C(=O)N(c3ccc(F)c(F)c3)C2c2cccnc2)cc1. The molecular formula is C27H24F2N2O4. The Bertz CT molecular complexity index is 1260. The van der Waals surface area contributed by atoms with Crippen molar-refractivity contribution in [3.63, 3.8) is 0 Å². The van der Waals surface area contributed by atoms with Crippen molar-refractivity contribution in [2.75, 3.05) is 11.5 Å². The molecule has 1 atom stereocenters. The predicted octanol–water partition coefficient (Wildman–Crippen LogP) is 5.56. The molecule has 0 saturated carbocycles. The standard InChI is InChI=1S/C27H24F2N2O4/c1-2-3-4-14-35-20-10-7-17(8-11-20)25(32)23-24(18-6-5-13-30-16-18)31(27(34)26(23)33)19-9-12-21(28)22(29)15-19/h5-13,15-16,24,32H,2-4,14H2,1H3/b25-23+. The van der Waals surface area contributed by atoms with Crippen LogP contribution in [0.2, 0.25) is 0 Å². The molecule has 1 saturated heterocycles. The van der Waals surface area contributed by atoms with Crippen LogP contribution in [-0.4, -0.2) is 28.4 Å². The summed E-state index contributed by atoms with van der Waals surface area (Å²) in [5, 5.41) is 11.1. The molecule has 180 valence electrons. The quantitative estimate of drug-likeness (QED) is 0.199. The molecule has 1 unspecified atom stereocenters. The molecule has 2 aromatic carbocycles. The highest BCUT2D eigenvalue weighted by Gasteiger charge is 2.47. The molecule has 6 nitrogen and oxygen atoms in total. The van der Waals surface area contributed by atoms with Crippen molar-refractivity contribution in [3.05, 3.63) is 95.3 Å². The second kappa shape index (κ2) is 10.5. The smallest absolute Gasteiger partial charge is 0.300 e. The molecule has 0 bridgehead atoms. The Morgan fingerprint density at radius 3 is 2.49 bits per heavy atom. The third-order valence-electron chi connectivity index (χ3n) is 5.77. The third kappa shape index (κ3) is 4.91. The van der Waals surface area contributed by atoms with Crippen LogP contribution in [0.5, 0.6) is 5.75 Å². The first-order chi connectivity index (χ1) is 16.9. The zero-order valence-corrected chi connectivity index (χ0v) is 19.1. The van der Waals surface area contributed by atoms with Crippen LogP contribution in [0.15, 0.2) is 72.6 Å². The molecule has 1 fully saturated rings. The monoisotopic (exact) mass is 478 g/mol. The average Bonchev–Trinajstić information content (AvgIpc) is 3.14. The molecule has 4 rings (SSSR count). The van der Waals surface area contributed by atoms with Crippen LogP contribution in [0.4, 0.5) is 14.5 Å². The van der Waals surface area contributed by atoms with E-state index in [9.17, 15) is 23.5 Å². The number of Topliss-reactive ketones (excluding diaryl/α,β-unsaturated/α-hetero) is 1. The van der Waals surface area contributed by atoms with Crippen molar-refractivity contribution in [2.45, 2.75) is 32.2 Å². The molecule has 1 aliphatic heterocycles. The molecular weight excluding hydrogens is 454 g/mol. The second-order valence-electron chi connectivity index (χ2n) is 8.13. The number of unbranched alkanes of at least 4 members (excludes halogenated alkanes) is 2. The molecule has 0 spiro atoms. The van der Waals surface area contributed by atoms with Gasteiger partial charge in [0.05, 0.1) is 18.2 Å². The normalized spacial score (nSPS) is 17.1. The fraction of sp³-hybridized carbons (Fsp3) is 0.222. The molecule has 0 aliphatic carbocycles. The van der Waals surface area contributed by atoms with Crippen molar-refractivity contribution in [1.82, 2.24) is 4.98 Å². The van der Waals surface area contributed by atoms with E-state index in [0.29, 0.717) is 23.5 Å². The van der Waals surface area contributed by atoms with Gasteiger partial charge in [0.15, 0.2) is 11.6 Å². The maximum Gasteiger partial charge on any atom is 0.300 e. The van der Waals surface area contributed by atoms with Gasteiger partial charge in [-0.3, -0.25) is 19.5 Å². The van der Waals surface area contributed by atoms with Gasteiger partial charge < -0.3 is 9.84 Å². The molecule has 2 heterocycles. The first kappa shape index (κ1) is 24.1. The summed E-state index contributed by atoms with van der Waals surface area (Å²) in [5.74, 6) is -3.93. The number of pyridine rings is 1. The van der Waals surface area contributed by atoms with Gasteiger partial charge in [-0.15, -0.1) is 0 Å². The Morgan fingerprint density at radius 2 is 1.83 bits per heavy atom. The van der Waals surface area contributed by atoms with Gasteiger partial charge in [0.2, 0.25) is 0 Å². The summed E-state index contributed by atoms with van der Waals surface area (Å²) in [6.07, 6.45) is 6.04. The number of aliphatic hydroxyl groups excluding tert-OH is 1. The lowest BCUT2D eigenvalue weighted by molar-refractivity contribution is -0.132. The van der Waals surface area contributed by atoms with Crippen molar-refractivity contribution in [1.29, 1.82) is 0 Å². The lowest BCUT2D eigenvalue weighted by Gasteiger charge is -2.25. The number of halogens is 2. The van der Waals surface area contributed by atoms with Crippen LogP contribution in [0.3, 0.4) is 0 Å². The Morgan fingerprint density at radius 1 is 1.06 bits per heavy atom. The van der Waals surface area contributed by atoms with E-state index in [1.54, 1.807) is 36.4 Å². The number of hydrogen-bond acceptors (Lipinski definition) is 5. The van der Waals surface area contributed by atoms with E-state index in [1.165, 1.54) is 18.5 Å². The van der Waals surface area contributed by atoms with Crippen LogP contribution in [0.1, 0.15) is 43.4 Å². The maximum atomic E-state index is 14.0. The Kier molecular flexibility index (Phi) is 7.19. The van der Waals surface area contributed by atoms with Gasteiger partial charge in [0, 0.05) is 29.7 Å². The molecule has 0 radical (unpaired) electrons. The van der Waals surface area contributed by atoms with Gasteiger partial charge >= 0.3 is 0 Å². The summed E-state index contributed by atoms with van der Waals surface area (Å²) in [4.78, 5) is 31.2. The first-order valence-electron chi connectivity index (χ1n) is 11.3. The molecule has 3 aromatic rings. The lowest BCUT2D eigenvalue weighted by atomic mass is 9.96. The van der Waals surface area contributed by atoms with Gasteiger partial charge in [-0.25, -0.2) is 8.78 Å². The summed E-state index contributed by atoms with van der Waals surface area (Å²) in [6, 6.07) is 11.6. The first-order valence-corrected chi connectivity index (χ1v) is 11.3. The summed E-state index contributed by atoms with van der Waals surface area (Å²) < 4.78 is 33.2. The molecule has 1 aliphatic rings. The zero-order chi connectivity index (χ0) is 24.9. The minimum atomic E-state index is -1.16. The van der Waals surface area contributed by atoms with E-state index in [0.717, 1.165) is 36.3 Å². The Hall–Kier alpha value is -4.07. The minimum Gasteiger partial charge on any atom is -0.507 e. The largest absolute Gasteiger partial charge is 0.507 e. The van der Waals surface area contributed by atoms with E-state index in [1.807, 2.05) is 0 Å². The third-order valence-corrected chi connectivity index (χ3v) is 5.77. The van der Waals surface area contributed by atoms with Gasteiger partial charge in [-0.2, -0.15) is 0 Å². The molecule has 35 heavy (non-hydrogen) atoms.